The largest absolute Gasteiger partial charge is 0.289 e. The van der Waals surface area contributed by atoms with E-state index in [1.54, 1.807) is 29.2 Å². The molecule has 0 bridgehead atoms. The third kappa shape index (κ3) is 3.78. The van der Waals surface area contributed by atoms with E-state index in [4.69, 9.17) is 0 Å². The molecule has 0 radical (unpaired) electrons. The number of benzene rings is 2. The number of carbonyl (C=O) groups is 1. The molecular formula is C23H16FN3O. The van der Waals surface area contributed by atoms with E-state index in [0.29, 0.717) is 5.56 Å². The topological polar surface area (TPSA) is 47.8 Å². The Morgan fingerprint density at radius 3 is 2.50 bits per heavy atom. The molecule has 0 unspecified atom stereocenters. The maximum atomic E-state index is 13.4. The normalized spacial score (nSPS) is 11.0. The van der Waals surface area contributed by atoms with Crippen LogP contribution in [0.5, 0.6) is 0 Å². The summed E-state index contributed by atoms with van der Waals surface area (Å²) >= 11 is 0. The van der Waals surface area contributed by atoms with Crippen LogP contribution in [-0.2, 0) is 0 Å². The fraction of sp³-hybridized carbons (Fsp3) is 0. The lowest BCUT2D eigenvalue weighted by molar-refractivity contribution is 0.104. The van der Waals surface area contributed by atoms with Gasteiger partial charge in [0, 0.05) is 35.3 Å². The summed E-state index contributed by atoms with van der Waals surface area (Å²) in [5, 5.41) is 4.68. The molecule has 28 heavy (non-hydrogen) atoms. The van der Waals surface area contributed by atoms with Crippen LogP contribution < -0.4 is 0 Å². The average molecular weight is 369 g/mol. The molecule has 0 atom stereocenters. The molecule has 4 aromatic rings. The number of ketones is 1. The maximum absolute atomic E-state index is 13.4. The minimum absolute atomic E-state index is 0.271. The lowest BCUT2D eigenvalue weighted by Gasteiger charge is -2.00. The summed E-state index contributed by atoms with van der Waals surface area (Å²) in [6.45, 7) is 0. The van der Waals surface area contributed by atoms with E-state index >= 15 is 0 Å². The van der Waals surface area contributed by atoms with Crippen LogP contribution in [0.1, 0.15) is 15.9 Å². The zero-order valence-electron chi connectivity index (χ0n) is 14.9. The first kappa shape index (κ1) is 17.5. The van der Waals surface area contributed by atoms with E-state index in [1.807, 2.05) is 48.7 Å². The van der Waals surface area contributed by atoms with Gasteiger partial charge in [0.05, 0.1) is 5.69 Å². The highest BCUT2D eigenvalue weighted by Crippen LogP contribution is 2.24. The Bertz CT molecular complexity index is 1130. The van der Waals surface area contributed by atoms with Crippen LogP contribution in [-0.4, -0.2) is 20.5 Å². The molecule has 0 spiro atoms. The highest BCUT2D eigenvalue weighted by molar-refractivity contribution is 6.07. The maximum Gasteiger partial charge on any atom is 0.185 e. The van der Waals surface area contributed by atoms with Crippen LogP contribution in [0.2, 0.25) is 0 Å². The van der Waals surface area contributed by atoms with E-state index in [2.05, 4.69) is 10.1 Å². The minimum atomic E-state index is -0.436. The van der Waals surface area contributed by atoms with Crippen LogP contribution >= 0.6 is 0 Å². The molecule has 2 aromatic carbocycles. The lowest BCUT2D eigenvalue weighted by Crippen LogP contribution is -1.94. The SMILES string of the molecule is O=C(/C=C/c1cn(-c2ccccc2)nc1-c1ccncc1)c1cccc(F)c1. The van der Waals surface area contributed by atoms with Crippen molar-refractivity contribution in [2.45, 2.75) is 0 Å². The standard InChI is InChI=1S/C23H16FN3O/c24-20-6-4-5-18(15-20)22(28)10-9-19-16-27(21-7-2-1-3-8-21)26-23(19)17-11-13-25-14-12-17/h1-16H/b10-9+. The van der Waals surface area contributed by atoms with Gasteiger partial charge in [-0.25, -0.2) is 9.07 Å². The third-order valence-electron chi connectivity index (χ3n) is 4.24. The molecule has 2 heterocycles. The number of allylic oxidation sites excluding steroid dienone is 1. The van der Waals surface area contributed by atoms with Crippen molar-refractivity contribution in [2.75, 3.05) is 0 Å². The van der Waals surface area contributed by atoms with Crippen molar-refractivity contribution in [3.8, 4) is 16.9 Å². The summed E-state index contributed by atoms with van der Waals surface area (Å²) in [5.41, 5.74) is 3.61. The van der Waals surface area contributed by atoms with Gasteiger partial charge in [0.1, 0.15) is 11.5 Å². The Balaban J connectivity index is 1.73. The van der Waals surface area contributed by atoms with Crippen LogP contribution in [0, 0.1) is 5.82 Å². The molecule has 5 heteroatoms. The summed E-state index contributed by atoms with van der Waals surface area (Å²) < 4.78 is 15.1. The average Bonchev–Trinajstić information content (AvgIpc) is 3.17. The number of hydrogen-bond donors (Lipinski definition) is 0. The van der Waals surface area contributed by atoms with Crippen molar-refractivity contribution in [1.82, 2.24) is 14.8 Å². The first-order valence-corrected chi connectivity index (χ1v) is 8.74. The van der Waals surface area contributed by atoms with Gasteiger partial charge in [-0.05, 0) is 48.6 Å². The molecule has 0 aliphatic heterocycles. The zero-order valence-corrected chi connectivity index (χ0v) is 14.9. The highest BCUT2D eigenvalue weighted by Gasteiger charge is 2.11. The molecule has 0 aliphatic carbocycles. The van der Waals surface area contributed by atoms with Crippen molar-refractivity contribution in [3.63, 3.8) is 0 Å². The monoisotopic (exact) mass is 369 g/mol. The van der Waals surface area contributed by atoms with Crippen molar-refractivity contribution in [1.29, 1.82) is 0 Å². The number of carbonyl (C=O) groups excluding carboxylic acids is 1. The van der Waals surface area contributed by atoms with Crippen LogP contribution in [0.3, 0.4) is 0 Å². The van der Waals surface area contributed by atoms with Gasteiger partial charge >= 0.3 is 0 Å². The Kier molecular flexibility index (Phi) is 4.89. The van der Waals surface area contributed by atoms with Crippen LogP contribution in [0.4, 0.5) is 4.39 Å². The van der Waals surface area contributed by atoms with Gasteiger partial charge in [0.15, 0.2) is 5.78 Å². The molecule has 0 aliphatic rings. The zero-order chi connectivity index (χ0) is 19.3. The molecule has 2 aromatic heterocycles. The van der Waals surface area contributed by atoms with Gasteiger partial charge in [-0.3, -0.25) is 9.78 Å². The molecule has 4 nitrogen and oxygen atoms in total. The second kappa shape index (κ2) is 7.80. The molecule has 0 amide bonds. The van der Waals surface area contributed by atoms with Gasteiger partial charge < -0.3 is 0 Å². The molecule has 136 valence electrons. The first-order chi connectivity index (χ1) is 13.7. The summed E-state index contributed by atoms with van der Waals surface area (Å²) in [4.78, 5) is 16.4. The Hall–Kier alpha value is -3.86. The molecular weight excluding hydrogens is 353 g/mol. The first-order valence-electron chi connectivity index (χ1n) is 8.74. The molecule has 0 saturated carbocycles. The van der Waals surface area contributed by atoms with Gasteiger partial charge in [0.2, 0.25) is 0 Å². The van der Waals surface area contributed by atoms with Crippen molar-refractivity contribution in [2.24, 2.45) is 0 Å². The van der Waals surface area contributed by atoms with E-state index in [1.165, 1.54) is 24.3 Å². The highest BCUT2D eigenvalue weighted by atomic mass is 19.1. The van der Waals surface area contributed by atoms with Crippen molar-refractivity contribution < 1.29 is 9.18 Å². The van der Waals surface area contributed by atoms with E-state index in [0.717, 1.165) is 22.5 Å². The summed E-state index contributed by atoms with van der Waals surface area (Å²) in [5.74, 6) is -0.707. The fourth-order valence-electron chi connectivity index (χ4n) is 2.86. The van der Waals surface area contributed by atoms with Crippen molar-refractivity contribution >= 4 is 11.9 Å². The number of rotatable bonds is 5. The number of halogens is 1. The number of aromatic nitrogens is 3. The smallest absolute Gasteiger partial charge is 0.185 e. The predicted octanol–water partition coefficient (Wildman–Crippen LogP) is 4.97. The van der Waals surface area contributed by atoms with Gasteiger partial charge in [-0.1, -0.05) is 30.3 Å². The molecule has 0 fully saturated rings. The van der Waals surface area contributed by atoms with E-state index < -0.39 is 5.82 Å². The summed E-state index contributed by atoms with van der Waals surface area (Å²) in [6, 6.07) is 19.1. The Morgan fingerprint density at radius 1 is 0.964 bits per heavy atom. The molecule has 4 rings (SSSR count). The molecule has 0 N–H and O–H groups in total. The van der Waals surface area contributed by atoms with Crippen LogP contribution in [0.15, 0.2) is 91.4 Å². The summed E-state index contributed by atoms with van der Waals surface area (Å²) in [6.07, 6.45) is 8.40. The lowest BCUT2D eigenvalue weighted by atomic mass is 10.1. The number of para-hydroxylation sites is 1. The van der Waals surface area contributed by atoms with E-state index in [9.17, 15) is 9.18 Å². The summed E-state index contributed by atoms with van der Waals surface area (Å²) in [7, 11) is 0. The quantitative estimate of drug-likeness (QED) is 0.369. The number of pyridine rings is 1. The molecule has 0 saturated heterocycles. The Morgan fingerprint density at radius 2 is 1.75 bits per heavy atom. The van der Waals surface area contributed by atoms with Gasteiger partial charge in [-0.15, -0.1) is 0 Å². The minimum Gasteiger partial charge on any atom is -0.289 e. The van der Waals surface area contributed by atoms with E-state index in [-0.39, 0.29) is 5.78 Å². The van der Waals surface area contributed by atoms with Crippen LogP contribution in [0.25, 0.3) is 23.0 Å². The predicted molar refractivity (Wildman–Crippen MR) is 107 cm³/mol. The second-order valence-electron chi connectivity index (χ2n) is 6.16. The number of hydrogen-bond acceptors (Lipinski definition) is 3. The van der Waals surface area contributed by atoms with Gasteiger partial charge in [0.25, 0.3) is 0 Å². The fourth-order valence-corrected chi connectivity index (χ4v) is 2.86. The number of nitrogens with zero attached hydrogens (tertiary/aromatic N) is 3. The third-order valence-corrected chi connectivity index (χ3v) is 4.24. The van der Waals surface area contributed by atoms with Crippen molar-refractivity contribution in [3.05, 3.63) is 108 Å². The Labute approximate surface area is 161 Å². The van der Waals surface area contributed by atoms with Gasteiger partial charge in [-0.2, -0.15) is 5.10 Å². The second-order valence-corrected chi connectivity index (χ2v) is 6.16.